The Morgan fingerprint density at radius 3 is 2.78 bits per heavy atom. The van der Waals surface area contributed by atoms with Gasteiger partial charge < -0.3 is 4.74 Å². The first kappa shape index (κ1) is 8.47. The molecule has 0 aromatic rings. The first-order valence-electron chi connectivity index (χ1n) is 3.26. The molecule has 0 aliphatic carbocycles. The molecule has 0 aliphatic rings. The zero-order chi connectivity index (χ0) is 7.11. The van der Waals surface area contributed by atoms with E-state index < -0.39 is 0 Å². The number of rotatable bonds is 4. The molecule has 2 nitrogen and oxygen atoms in total. The van der Waals surface area contributed by atoms with E-state index in [1.807, 2.05) is 6.92 Å². The van der Waals surface area contributed by atoms with Crippen molar-refractivity contribution in [2.75, 3.05) is 6.61 Å². The van der Waals surface area contributed by atoms with E-state index in [1.54, 1.807) is 0 Å². The molecule has 0 heterocycles. The SMILES string of the molecule is [CH2]COC(=O)CCCC. The topological polar surface area (TPSA) is 26.3 Å². The molecular formula is C7H13O2. The predicted molar refractivity (Wildman–Crippen MR) is 35.8 cm³/mol. The van der Waals surface area contributed by atoms with Gasteiger partial charge in [-0.15, -0.1) is 0 Å². The molecule has 0 aromatic heterocycles. The predicted octanol–water partition coefficient (Wildman–Crippen LogP) is 1.55. The molecule has 1 radical (unpaired) electrons. The molecular weight excluding hydrogens is 116 g/mol. The summed E-state index contributed by atoms with van der Waals surface area (Å²) in [6.45, 7) is 5.68. The highest BCUT2D eigenvalue weighted by Gasteiger charge is 1.97. The van der Waals surface area contributed by atoms with Crippen LogP contribution in [0.2, 0.25) is 0 Å². The highest BCUT2D eigenvalue weighted by Crippen LogP contribution is 1.95. The van der Waals surface area contributed by atoms with Gasteiger partial charge in [0.15, 0.2) is 0 Å². The lowest BCUT2D eigenvalue weighted by Crippen LogP contribution is -2.02. The van der Waals surface area contributed by atoms with Crippen molar-refractivity contribution in [3.63, 3.8) is 0 Å². The van der Waals surface area contributed by atoms with Gasteiger partial charge in [0.05, 0.1) is 6.61 Å². The Morgan fingerprint density at radius 2 is 2.33 bits per heavy atom. The third kappa shape index (κ3) is 5.34. The van der Waals surface area contributed by atoms with Crippen LogP contribution < -0.4 is 0 Å². The Bertz CT molecular complexity index is 79.0. The summed E-state index contributed by atoms with van der Waals surface area (Å²) >= 11 is 0. The summed E-state index contributed by atoms with van der Waals surface area (Å²) in [4.78, 5) is 10.5. The molecule has 53 valence electrons. The average Bonchev–Trinajstić information content (AvgIpc) is 1.85. The Labute approximate surface area is 56.2 Å². The minimum Gasteiger partial charge on any atom is -0.466 e. The molecule has 0 unspecified atom stereocenters. The van der Waals surface area contributed by atoms with E-state index in [1.165, 1.54) is 0 Å². The number of ether oxygens (including phenoxy) is 1. The van der Waals surface area contributed by atoms with E-state index in [4.69, 9.17) is 0 Å². The smallest absolute Gasteiger partial charge is 0.305 e. The van der Waals surface area contributed by atoms with Gasteiger partial charge >= 0.3 is 5.97 Å². The number of esters is 1. The normalized spacial score (nSPS) is 9.11. The standard InChI is InChI=1S/C7H13O2/c1-3-5-6-7(8)9-4-2/h2-6H2,1H3. The minimum atomic E-state index is -0.133. The van der Waals surface area contributed by atoms with Gasteiger partial charge in [-0.3, -0.25) is 4.79 Å². The first-order chi connectivity index (χ1) is 4.31. The van der Waals surface area contributed by atoms with E-state index in [2.05, 4.69) is 11.7 Å². The van der Waals surface area contributed by atoms with E-state index >= 15 is 0 Å². The molecule has 0 spiro atoms. The number of carbonyl (C=O) groups is 1. The fraction of sp³-hybridized carbons (Fsp3) is 0.714. The molecule has 0 aliphatic heterocycles. The quantitative estimate of drug-likeness (QED) is 0.538. The molecule has 2 heteroatoms. The summed E-state index contributed by atoms with van der Waals surface area (Å²) in [6, 6.07) is 0. The molecule has 0 saturated heterocycles. The fourth-order valence-corrected chi connectivity index (χ4v) is 0.507. The van der Waals surface area contributed by atoms with Crippen molar-refractivity contribution in [1.82, 2.24) is 0 Å². The molecule has 0 N–H and O–H groups in total. The van der Waals surface area contributed by atoms with Crippen molar-refractivity contribution in [3.05, 3.63) is 6.92 Å². The van der Waals surface area contributed by atoms with E-state index in [0.29, 0.717) is 6.42 Å². The second-order valence-corrected chi connectivity index (χ2v) is 1.82. The lowest BCUT2D eigenvalue weighted by atomic mass is 10.3. The summed E-state index contributed by atoms with van der Waals surface area (Å²) in [7, 11) is 0. The fourth-order valence-electron chi connectivity index (χ4n) is 0.507. The van der Waals surface area contributed by atoms with Crippen LogP contribution in [0.15, 0.2) is 0 Å². The van der Waals surface area contributed by atoms with Crippen LogP contribution >= 0.6 is 0 Å². The maximum atomic E-state index is 10.5. The Morgan fingerprint density at radius 1 is 1.67 bits per heavy atom. The second kappa shape index (κ2) is 5.60. The highest BCUT2D eigenvalue weighted by atomic mass is 16.5. The number of unbranched alkanes of at least 4 members (excludes halogenated alkanes) is 1. The molecule has 9 heavy (non-hydrogen) atoms. The summed E-state index contributed by atoms with van der Waals surface area (Å²) < 4.78 is 4.59. The molecule has 0 saturated carbocycles. The largest absolute Gasteiger partial charge is 0.466 e. The van der Waals surface area contributed by atoms with Crippen LogP contribution in [0.5, 0.6) is 0 Å². The summed E-state index contributed by atoms with van der Waals surface area (Å²) in [6.07, 6.45) is 2.48. The minimum absolute atomic E-state index is 0.133. The molecule has 0 atom stereocenters. The second-order valence-electron chi connectivity index (χ2n) is 1.82. The maximum Gasteiger partial charge on any atom is 0.305 e. The maximum absolute atomic E-state index is 10.5. The molecule has 0 amide bonds. The molecule has 0 fully saturated rings. The van der Waals surface area contributed by atoms with E-state index in [0.717, 1.165) is 12.8 Å². The van der Waals surface area contributed by atoms with Crippen LogP contribution in [0.3, 0.4) is 0 Å². The average molecular weight is 129 g/mol. The lowest BCUT2D eigenvalue weighted by molar-refractivity contribution is -0.142. The molecule has 0 rings (SSSR count). The summed E-state index contributed by atoms with van der Waals surface area (Å²) in [5.41, 5.74) is 0. The third-order valence-corrected chi connectivity index (χ3v) is 0.998. The molecule has 0 bridgehead atoms. The zero-order valence-corrected chi connectivity index (χ0v) is 5.85. The van der Waals surface area contributed by atoms with E-state index in [9.17, 15) is 4.79 Å². The summed E-state index contributed by atoms with van der Waals surface area (Å²) in [5, 5.41) is 0. The van der Waals surface area contributed by atoms with Gasteiger partial charge in [-0.05, 0) is 13.3 Å². The van der Waals surface area contributed by atoms with Gasteiger partial charge in [0.2, 0.25) is 0 Å². The van der Waals surface area contributed by atoms with Crippen molar-refractivity contribution >= 4 is 5.97 Å². The van der Waals surface area contributed by atoms with Crippen molar-refractivity contribution < 1.29 is 9.53 Å². The number of hydrogen-bond donors (Lipinski definition) is 0. The number of carbonyl (C=O) groups excluding carboxylic acids is 1. The van der Waals surface area contributed by atoms with E-state index in [-0.39, 0.29) is 12.6 Å². The van der Waals surface area contributed by atoms with Gasteiger partial charge in [-0.1, -0.05) is 13.3 Å². The van der Waals surface area contributed by atoms with Crippen LogP contribution in [-0.4, -0.2) is 12.6 Å². The van der Waals surface area contributed by atoms with Crippen molar-refractivity contribution in [2.45, 2.75) is 26.2 Å². The van der Waals surface area contributed by atoms with Gasteiger partial charge in [-0.2, -0.15) is 0 Å². The Kier molecular flexibility index (Phi) is 5.27. The van der Waals surface area contributed by atoms with Gasteiger partial charge in [-0.25, -0.2) is 0 Å². The highest BCUT2D eigenvalue weighted by molar-refractivity contribution is 5.69. The van der Waals surface area contributed by atoms with Crippen LogP contribution in [0.25, 0.3) is 0 Å². The van der Waals surface area contributed by atoms with Crippen molar-refractivity contribution in [1.29, 1.82) is 0 Å². The van der Waals surface area contributed by atoms with Crippen LogP contribution in [0.4, 0.5) is 0 Å². The van der Waals surface area contributed by atoms with Crippen LogP contribution in [0, 0.1) is 6.92 Å². The van der Waals surface area contributed by atoms with Crippen molar-refractivity contribution in [3.8, 4) is 0 Å². The monoisotopic (exact) mass is 129 g/mol. The van der Waals surface area contributed by atoms with Crippen LogP contribution in [0.1, 0.15) is 26.2 Å². The first-order valence-corrected chi connectivity index (χ1v) is 3.26. The molecule has 0 aromatic carbocycles. The Hall–Kier alpha value is -0.530. The van der Waals surface area contributed by atoms with Crippen molar-refractivity contribution in [2.24, 2.45) is 0 Å². The van der Waals surface area contributed by atoms with Gasteiger partial charge in [0.25, 0.3) is 0 Å². The van der Waals surface area contributed by atoms with Crippen LogP contribution in [-0.2, 0) is 9.53 Å². The lowest BCUT2D eigenvalue weighted by Gasteiger charge is -1.97. The summed E-state index contributed by atoms with van der Waals surface area (Å²) in [5.74, 6) is -0.133. The zero-order valence-electron chi connectivity index (χ0n) is 5.85. The van der Waals surface area contributed by atoms with Gasteiger partial charge in [0, 0.05) is 6.42 Å². The third-order valence-electron chi connectivity index (χ3n) is 0.998. The Balaban J connectivity index is 3.06. The number of hydrogen-bond acceptors (Lipinski definition) is 2. The van der Waals surface area contributed by atoms with Gasteiger partial charge in [0.1, 0.15) is 0 Å².